The maximum absolute atomic E-state index is 13.1. The van der Waals surface area contributed by atoms with Crippen LogP contribution in [0.2, 0.25) is 0 Å². The van der Waals surface area contributed by atoms with E-state index in [1.54, 1.807) is 31.2 Å². The van der Waals surface area contributed by atoms with Crippen LogP contribution in [0.1, 0.15) is 23.9 Å². The molecule has 0 bridgehead atoms. The molecule has 0 spiro atoms. The monoisotopic (exact) mass is 373 g/mol. The molecular weight excluding hydrogens is 358 g/mol. The van der Waals surface area contributed by atoms with Crippen molar-refractivity contribution in [3.05, 3.63) is 71.5 Å². The van der Waals surface area contributed by atoms with E-state index in [0.717, 1.165) is 10.6 Å². The zero-order valence-corrected chi connectivity index (χ0v) is 14.9. The molecule has 138 valence electrons. The lowest BCUT2D eigenvalue weighted by Gasteiger charge is -2.22. The molecule has 1 unspecified atom stereocenters. The number of carbonyl (C=O) groups excluding carboxylic acids is 2. The fraction of sp³-hybridized carbons (Fsp3) is 0.158. The van der Waals surface area contributed by atoms with Gasteiger partial charge in [-0.1, -0.05) is 30.3 Å². The number of hydrogen-bond donors (Lipinski definition) is 1. The van der Waals surface area contributed by atoms with E-state index < -0.39 is 17.5 Å². The molecule has 9 heteroatoms. The Hall–Kier alpha value is -4.06. The highest BCUT2D eigenvalue weighted by molar-refractivity contribution is 6.07. The van der Waals surface area contributed by atoms with Crippen molar-refractivity contribution in [3.8, 4) is 11.8 Å². The Morgan fingerprint density at radius 3 is 2.68 bits per heavy atom. The third-order valence-corrected chi connectivity index (χ3v) is 4.68. The van der Waals surface area contributed by atoms with Crippen molar-refractivity contribution in [3.63, 3.8) is 0 Å². The number of nitriles is 1. The number of aromatic nitrogens is 4. The standard InChI is InChI=1S/C19H15N7O2/c1-19(14-7-5-6-13(10-14)11-20)17(27)25(18(28)21-19)12-16-22-23-24-26(16)15-8-3-2-4-9-15/h2-10H,12H2,1H3,(H,21,28). The third kappa shape index (κ3) is 2.77. The van der Waals surface area contributed by atoms with Crippen LogP contribution < -0.4 is 5.32 Å². The summed E-state index contributed by atoms with van der Waals surface area (Å²) in [6, 6.07) is 17.3. The molecule has 0 aliphatic carbocycles. The lowest BCUT2D eigenvalue weighted by Crippen LogP contribution is -2.41. The van der Waals surface area contributed by atoms with Crippen molar-refractivity contribution >= 4 is 11.9 Å². The number of carbonyl (C=O) groups is 2. The summed E-state index contributed by atoms with van der Waals surface area (Å²) < 4.78 is 1.48. The SMILES string of the molecule is CC1(c2cccc(C#N)c2)NC(=O)N(Cc2nnnn2-c2ccccc2)C1=O. The van der Waals surface area contributed by atoms with Gasteiger partial charge in [0.15, 0.2) is 5.82 Å². The van der Waals surface area contributed by atoms with Gasteiger partial charge in [0.1, 0.15) is 5.54 Å². The van der Waals surface area contributed by atoms with Crippen molar-refractivity contribution in [2.75, 3.05) is 0 Å². The highest BCUT2D eigenvalue weighted by Crippen LogP contribution is 2.30. The van der Waals surface area contributed by atoms with Gasteiger partial charge in [-0.3, -0.25) is 9.69 Å². The first-order valence-electron chi connectivity index (χ1n) is 8.50. The maximum atomic E-state index is 13.1. The molecule has 1 fully saturated rings. The van der Waals surface area contributed by atoms with Gasteiger partial charge in [0.2, 0.25) is 0 Å². The first-order chi connectivity index (χ1) is 13.5. The average molecular weight is 373 g/mol. The van der Waals surface area contributed by atoms with E-state index in [2.05, 4.69) is 20.8 Å². The number of nitrogens with zero attached hydrogens (tertiary/aromatic N) is 6. The summed E-state index contributed by atoms with van der Waals surface area (Å²) in [5, 5.41) is 23.4. The molecule has 0 radical (unpaired) electrons. The predicted octanol–water partition coefficient (Wildman–Crippen LogP) is 1.50. The van der Waals surface area contributed by atoms with Crippen LogP contribution in [0.25, 0.3) is 5.69 Å². The number of para-hydroxylation sites is 1. The van der Waals surface area contributed by atoms with Gasteiger partial charge >= 0.3 is 6.03 Å². The molecule has 3 amide bonds. The van der Waals surface area contributed by atoms with Gasteiger partial charge in [-0.15, -0.1) is 5.10 Å². The minimum Gasteiger partial charge on any atom is -0.319 e. The zero-order chi connectivity index (χ0) is 19.7. The van der Waals surface area contributed by atoms with Crippen LogP contribution in [-0.2, 0) is 16.9 Å². The second-order valence-corrected chi connectivity index (χ2v) is 6.48. The summed E-state index contributed by atoms with van der Waals surface area (Å²) in [6.45, 7) is 1.53. The minimum absolute atomic E-state index is 0.0832. The number of benzene rings is 2. The molecule has 1 aromatic heterocycles. The number of hydrogen-bond acceptors (Lipinski definition) is 6. The second-order valence-electron chi connectivity index (χ2n) is 6.48. The Kier molecular flexibility index (Phi) is 4.08. The molecule has 2 aromatic carbocycles. The van der Waals surface area contributed by atoms with Crippen molar-refractivity contribution in [2.24, 2.45) is 0 Å². The molecule has 1 saturated heterocycles. The van der Waals surface area contributed by atoms with Gasteiger partial charge < -0.3 is 5.32 Å². The van der Waals surface area contributed by atoms with E-state index in [-0.39, 0.29) is 6.54 Å². The molecule has 1 aliphatic heterocycles. The zero-order valence-electron chi connectivity index (χ0n) is 14.9. The van der Waals surface area contributed by atoms with Crippen LogP contribution in [0.15, 0.2) is 54.6 Å². The maximum Gasteiger partial charge on any atom is 0.325 e. The van der Waals surface area contributed by atoms with Gasteiger partial charge in [-0.2, -0.15) is 9.94 Å². The summed E-state index contributed by atoms with van der Waals surface area (Å²) >= 11 is 0. The molecule has 0 saturated carbocycles. The summed E-state index contributed by atoms with van der Waals surface area (Å²) in [5.74, 6) is -0.0834. The Labute approximate surface area is 160 Å². The van der Waals surface area contributed by atoms with Crippen molar-refractivity contribution < 1.29 is 9.59 Å². The summed E-state index contributed by atoms with van der Waals surface area (Å²) in [6.07, 6.45) is 0. The average Bonchev–Trinajstić information content (AvgIpc) is 3.28. The Morgan fingerprint density at radius 2 is 1.93 bits per heavy atom. The van der Waals surface area contributed by atoms with Crippen LogP contribution >= 0.6 is 0 Å². The minimum atomic E-state index is -1.27. The third-order valence-electron chi connectivity index (χ3n) is 4.68. The molecule has 3 aromatic rings. The quantitative estimate of drug-likeness (QED) is 0.693. The molecule has 1 aliphatic rings. The van der Waals surface area contributed by atoms with Gasteiger partial charge in [0, 0.05) is 0 Å². The predicted molar refractivity (Wildman–Crippen MR) is 96.7 cm³/mol. The van der Waals surface area contributed by atoms with Crippen molar-refractivity contribution in [2.45, 2.75) is 19.0 Å². The van der Waals surface area contributed by atoms with Crippen LogP contribution in [0.5, 0.6) is 0 Å². The normalized spacial score (nSPS) is 18.8. The fourth-order valence-corrected chi connectivity index (χ4v) is 3.15. The number of urea groups is 1. The molecule has 1 atom stereocenters. The largest absolute Gasteiger partial charge is 0.325 e. The number of amides is 3. The molecule has 9 nitrogen and oxygen atoms in total. The Morgan fingerprint density at radius 1 is 1.14 bits per heavy atom. The first kappa shape index (κ1) is 17.4. The smallest absolute Gasteiger partial charge is 0.319 e. The van der Waals surface area contributed by atoms with Gasteiger partial charge in [0.25, 0.3) is 5.91 Å². The van der Waals surface area contributed by atoms with Crippen LogP contribution in [0, 0.1) is 11.3 Å². The van der Waals surface area contributed by atoms with Crippen LogP contribution in [-0.4, -0.2) is 37.0 Å². The van der Waals surface area contributed by atoms with Gasteiger partial charge in [-0.05, 0) is 47.2 Å². The fourth-order valence-electron chi connectivity index (χ4n) is 3.15. The number of rotatable bonds is 4. The summed E-state index contributed by atoms with van der Waals surface area (Å²) in [5.41, 5.74) is 0.399. The van der Waals surface area contributed by atoms with Gasteiger partial charge in [0.05, 0.1) is 23.9 Å². The van der Waals surface area contributed by atoms with E-state index in [9.17, 15) is 9.59 Å². The second kappa shape index (κ2) is 6.59. The van der Waals surface area contributed by atoms with E-state index in [4.69, 9.17) is 5.26 Å². The van der Waals surface area contributed by atoms with E-state index in [1.165, 1.54) is 4.68 Å². The lowest BCUT2D eigenvalue weighted by molar-refractivity contribution is -0.131. The summed E-state index contributed by atoms with van der Waals surface area (Å²) in [4.78, 5) is 26.7. The number of tetrazole rings is 1. The van der Waals surface area contributed by atoms with E-state index in [0.29, 0.717) is 17.0 Å². The highest BCUT2D eigenvalue weighted by atomic mass is 16.2. The highest BCUT2D eigenvalue weighted by Gasteiger charge is 2.49. The molecule has 28 heavy (non-hydrogen) atoms. The van der Waals surface area contributed by atoms with Crippen molar-refractivity contribution in [1.29, 1.82) is 5.26 Å². The Bertz CT molecular complexity index is 1100. The first-order valence-corrected chi connectivity index (χ1v) is 8.50. The van der Waals surface area contributed by atoms with Crippen molar-refractivity contribution in [1.82, 2.24) is 30.4 Å². The Balaban J connectivity index is 1.64. The van der Waals surface area contributed by atoms with Crippen LogP contribution in [0.4, 0.5) is 4.79 Å². The van der Waals surface area contributed by atoms with E-state index in [1.807, 2.05) is 36.4 Å². The molecular formula is C19H15N7O2. The van der Waals surface area contributed by atoms with E-state index >= 15 is 0 Å². The number of nitrogens with one attached hydrogen (secondary N) is 1. The lowest BCUT2D eigenvalue weighted by atomic mass is 9.91. The number of imide groups is 1. The molecule has 4 rings (SSSR count). The molecule has 2 heterocycles. The summed E-state index contributed by atoms with van der Waals surface area (Å²) in [7, 11) is 0. The van der Waals surface area contributed by atoms with Gasteiger partial charge in [-0.25, -0.2) is 4.79 Å². The molecule has 1 N–H and O–H groups in total. The van der Waals surface area contributed by atoms with Crippen LogP contribution in [0.3, 0.4) is 0 Å². The topological polar surface area (TPSA) is 117 Å².